The summed E-state index contributed by atoms with van der Waals surface area (Å²) in [6.45, 7) is 3.82. The maximum absolute atomic E-state index is 11.5. The number of amides is 1. The number of hydrogen-bond acceptors (Lipinski definition) is 2. The third-order valence-electron chi connectivity index (χ3n) is 2.24. The monoisotopic (exact) mass is 154 g/mol. The predicted octanol–water partition coefficient (Wildman–Crippen LogP) is 0.640. The second-order valence-corrected chi connectivity index (χ2v) is 3.38. The summed E-state index contributed by atoms with van der Waals surface area (Å²) in [5.41, 5.74) is -0.399. The molecule has 0 fully saturated rings. The summed E-state index contributed by atoms with van der Waals surface area (Å²) >= 11 is 0. The predicted molar refractivity (Wildman–Crippen MR) is 43.8 cm³/mol. The van der Waals surface area contributed by atoms with Gasteiger partial charge in [0.1, 0.15) is 5.54 Å². The van der Waals surface area contributed by atoms with Crippen molar-refractivity contribution in [3.8, 4) is 0 Å². The van der Waals surface area contributed by atoms with Gasteiger partial charge in [0, 0.05) is 26.5 Å². The van der Waals surface area contributed by atoms with Gasteiger partial charge in [0.25, 0.3) is 5.91 Å². The molecule has 1 aliphatic rings. The van der Waals surface area contributed by atoms with Crippen LogP contribution in [0, 0.1) is 0 Å². The van der Waals surface area contributed by atoms with Crippen LogP contribution in [-0.2, 0) is 4.79 Å². The third-order valence-corrected chi connectivity index (χ3v) is 2.24. The van der Waals surface area contributed by atoms with Crippen molar-refractivity contribution in [2.45, 2.75) is 19.4 Å². The molecule has 11 heavy (non-hydrogen) atoms. The van der Waals surface area contributed by atoms with Crippen LogP contribution >= 0.6 is 0 Å². The van der Waals surface area contributed by atoms with Crippen LogP contribution in [0.5, 0.6) is 0 Å². The SMILES string of the molecule is CN1C=CN(C)C(C)(C)C1=O. The van der Waals surface area contributed by atoms with Gasteiger partial charge in [-0.1, -0.05) is 0 Å². The van der Waals surface area contributed by atoms with Gasteiger partial charge in [-0.3, -0.25) is 4.79 Å². The number of rotatable bonds is 0. The molecule has 62 valence electrons. The van der Waals surface area contributed by atoms with Crippen LogP contribution in [0.3, 0.4) is 0 Å². The van der Waals surface area contributed by atoms with Crippen LogP contribution in [0.2, 0.25) is 0 Å². The summed E-state index contributed by atoms with van der Waals surface area (Å²) in [7, 11) is 3.68. The molecule has 0 aromatic carbocycles. The molecule has 3 heteroatoms. The fraction of sp³-hybridized carbons (Fsp3) is 0.625. The fourth-order valence-corrected chi connectivity index (χ4v) is 1.04. The maximum Gasteiger partial charge on any atom is 0.251 e. The van der Waals surface area contributed by atoms with Gasteiger partial charge >= 0.3 is 0 Å². The summed E-state index contributed by atoms with van der Waals surface area (Å²) in [5, 5.41) is 0. The van der Waals surface area contributed by atoms with E-state index in [0.717, 1.165) is 0 Å². The van der Waals surface area contributed by atoms with Crippen molar-refractivity contribution in [2.75, 3.05) is 14.1 Å². The van der Waals surface area contributed by atoms with Gasteiger partial charge in [-0.2, -0.15) is 0 Å². The van der Waals surface area contributed by atoms with Crippen LogP contribution in [-0.4, -0.2) is 35.3 Å². The van der Waals surface area contributed by atoms with Gasteiger partial charge in [0.05, 0.1) is 0 Å². The van der Waals surface area contributed by atoms with Gasteiger partial charge < -0.3 is 9.80 Å². The van der Waals surface area contributed by atoms with Crippen molar-refractivity contribution >= 4 is 5.91 Å². The summed E-state index contributed by atoms with van der Waals surface area (Å²) in [4.78, 5) is 15.0. The Hall–Kier alpha value is -0.990. The van der Waals surface area contributed by atoms with E-state index in [4.69, 9.17) is 0 Å². The normalized spacial score (nSPS) is 22.7. The van der Waals surface area contributed by atoms with Crippen LogP contribution < -0.4 is 0 Å². The van der Waals surface area contributed by atoms with E-state index in [-0.39, 0.29) is 5.91 Å². The molecular formula is C8H14N2O. The minimum Gasteiger partial charge on any atom is -0.365 e. The van der Waals surface area contributed by atoms with E-state index in [0.29, 0.717) is 0 Å². The lowest BCUT2D eigenvalue weighted by molar-refractivity contribution is -0.138. The van der Waals surface area contributed by atoms with Crippen molar-refractivity contribution in [2.24, 2.45) is 0 Å². The Morgan fingerprint density at radius 2 is 1.82 bits per heavy atom. The highest BCUT2D eigenvalue weighted by Gasteiger charge is 2.35. The summed E-state index contributed by atoms with van der Waals surface area (Å²) in [6.07, 6.45) is 3.68. The molecular weight excluding hydrogens is 140 g/mol. The van der Waals surface area contributed by atoms with Crippen molar-refractivity contribution < 1.29 is 4.79 Å². The molecule has 1 amide bonds. The Balaban J connectivity index is 2.97. The quantitative estimate of drug-likeness (QED) is 0.511. The average molecular weight is 154 g/mol. The molecule has 3 nitrogen and oxygen atoms in total. The Kier molecular flexibility index (Phi) is 1.66. The lowest BCUT2D eigenvalue weighted by atomic mass is 10.0. The second kappa shape index (κ2) is 2.26. The van der Waals surface area contributed by atoms with E-state index < -0.39 is 5.54 Å². The Morgan fingerprint density at radius 3 is 2.27 bits per heavy atom. The molecule has 0 N–H and O–H groups in total. The number of hydrogen-bond donors (Lipinski definition) is 0. The highest BCUT2D eigenvalue weighted by Crippen LogP contribution is 2.19. The minimum absolute atomic E-state index is 0.127. The zero-order chi connectivity index (χ0) is 8.65. The first kappa shape index (κ1) is 8.11. The molecule has 0 aromatic heterocycles. The second-order valence-electron chi connectivity index (χ2n) is 3.38. The topological polar surface area (TPSA) is 23.6 Å². The summed E-state index contributed by atoms with van der Waals surface area (Å²) in [5.74, 6) is 0.127. The molecule has 1 aliphatic heterocycles. The number of nitrogens with zero attached hydrogens (tertiary/aromatic N) is 2. The van der Waals surface area contributed by atoms with E-state index >= 15 is 0 Å². The number of likely N-dealkylation sites (N-methyl/N-ethyl adjacent to an activating group) is 2. The average Bonchev–Trinajstić information content (AvgIpc) is 1.95. The van der Waals surface area contributed by atoms with Crippen LogP contribution in [0.15, 0.2) is 12.4 Å². The Labute approximate surface area is 67.3 Å². The van der Waals surface area contributed by atoms with Gasteiger partial charge in [-0.25, -0.2) is 0 Å². The first-order valence-electron chi connectivity index (χ1n) is 3.65. The molecule has 1 heterocycles. The van der Waals surface area contributed by atoms with Crippen LogP contribution in [0.4, 0.5) is 0 Å². The highest BCUT2D eigenvalue weighted by molar-refractivity contribution is 5.87. The lowest BCUT2D eigenvalue weighted by Gasteiger charge is -2.39. The van der Waals surface area contributed by atoms with E-state index in [1.807, 2.05) is 32.0 Å². The minimum atomic E-state index is -0.399. The van der Waals surface area contributed by atoms with Crippen molar-refractivity contribution in [3.05, 3.63) is 12.4 Å². The highest BCUT2D eigenvalue weighted by atomic mass is 16.2. The van der Waals surface area contributed by atoms with Crippen molar-refractivity contribution in [1.29, 1.82) is 0 Å². The van der Waals surface area contributed by atoms with Gasteiger partial charge in [0.15, 0.2) is 0 Å². The largest absolute Gasteiger partial charge is 0.365 e. The molecule has 0 atom stereocenters. The molecule has 0 saturated carbocycles. The summed E-state index contributed by atoms with van der Waals surface area (Å²) in [6, 6.07) is 0. The standard InChI is InChI=1S/C8H14N2O/c1-8(2)7(11)9(3)5-6-10(8)4/h5-6H,1-4H3. The molecule has 0 spiro atoms. The van der Waals surface area contributed by atoms with E-state index in [1.54, 1.807) is 18.1 Å². The van der Waals surface area contributed by atoms with Crippen molar-refractivity contribution in [1.82, 2.24) is 9.80 Å². The third kappa shape index (κ3) is 1.11. The first-order valence-corrected chi connectivity index (χ1v) is 3.65. The molecule has 0 aliphatic carbocycles. The molecule has 1 rings (SSSR count). The first-order chi connectivity index (χ1) is 4.96. The summed E-state index contributed by atoms with van der Waals surface area (Å²) < 4.78 is 0. The van der Waals surface area contributed by atoms with Crippen LogP contribution in [0.25, 0.3) is 0 Å². The van der Waals surface area contributed by atoms with E-state index in [2.05, 4.69) is 0 Å². The van der Waals surface area contributed by atoms with Crippen molar-refractivity contribution in [3.63, 3.8) is 0 Å². The Bertz CT molecular complexity index is 208. The fourth-order valence-electron chi connectivity index (χ4n) is 1.04. The number of carbonyl (C=O) groups is 1. The number of carbonyl (C=O) groups excluding carboxylic acids is 1. The van der Waals surface area contributed by atoms with Gasteiger partial charge in [0.2, 0.25) is 0 Å². The van der Waals surface area contributed by atoms with E-state index in [1.165, 1.54) is 0 Å². The lowest BCUT2D eigenvalue weighted by Crippen LogP contribution is -2.53. The molecule has 0 bridgehead atoms. The zero-order valence-corrected chi connectivity index (χ0v) is 7.46. The molecule has 0 aromatic rings. The van der Waals surface area contributed by atoms with Crippen LogP contribution in [0.1, 0.15) is 13.8 Å². The van der Waals surface area contributed by atoms with Gasteiger partial charge in [-0.15, -0.1) is 0 Å². The Morgan fingerprint density at radius 1 is 1.27 bits per heavy atom. The molecule has 0 unspecified atom stereocenters. The van der Waals surface area contributed by atoms with Gasteiger partial charge in [-0.05, 0) is 13.8 Å². The smallest absolute Gasteiger partial charge is 0.251 e. The zero-order valence-electron chi connectivity index (χ0n) is 7.46. The molecule has 0 saturated heterocycles. The molecule has 0 radical (unpaired) electrons. The maximum atomic E-state index is 11.5. The van der Waals surface area contributed by atoms with E-state index in [9.17, 15) is 4.79 Å².